The van der Waals surface area contributed by atoms with Crippen LogP contribution in [-0.4, -0.2) is 18.1 Å². The molecule has 0 amide bonds. The molecule has 2 rings (SSSR count). The van der Waals surface area contributed by atoms with Gasteiger partial charge in [-0.1, -0.05) is 43.6 Å². The number of nitrogens with zero attached hydrogens (tertiary/aromatic N) is 2. The van der Waals surface area contributed by atoms with E-state index in [1.54, 1.807) is 0 Å². The van der Waals surface area contributed by atoms with Gasteiger partial charge in [0.1, 0.15) is 0 Å². The van der Waals surface area contributed by atoms with Gasteiger partial charge in [-0.05, 0) is 23.8 Å². The molecule has 4 heteroatoms. The van der Waals surface area contributed by atoms with Crippen molar-refractivity contribution >= 4 is 23.1 Å². The smallest absolute Gasteiger partial charge is 0.151 e. The summed E-state index contributed by atoms with van der Waals surface area (Å²) >= 11 is 6.36. The molecule has 0 aliphatic rings. The van der Waals surface area contributed by atoms with E-state index in [9.17, 15) is 0 Å². The number of hydrogen-bond donors (Lipinski definition) is 1. The van der Waals surface area contributed by atoms with Crippen molar-refractivity contribution in [1.82, 2.24) is 10.3 Å². The lowest BCUT2D eigenvalue weighted by molar-refractivity contribution is 0.588. The maximum Gasteiger partial charge on any atom is 0.151 e. The third kappa shape index (κ3) is 3.71. The van der Waals surface area contributed by atoms with E-state index in [0.717, 1.165) is 23.6 Å². The molecule has 1 aromatic carbocycles. The Kier molecular flexibility index (Phi) is 4.99. The molecular formula is C16H20ClN3. The van der Waals surface area contributed by atoms with Crippen LogP contribution < -0.4 is 10.2 Å². The standard InChI is InChI=1S/C16H20ClN3/c1-12(2)18-10-13-9-15(17)16(19-11-13)20(3)14-7-5-4-6-8-14/h4-9,11-12,18H,10H2,1-3H3. The second-order valence-electron chi connectivity index (χ2n) is 5.08. The van der Waals surface area contributed by atoms with Crippen molar-refractivity contribution in [2.24, 2.45) is 0 Å². The molecule has 0 aliphatic heterocycles. The van der Waals surface area contributed by atoms with Crippen LogP contribution in [0, 0.1) is 0 Å². The molecular weight excluding hydrogens is 270 g/mol. The van der Waals surface area contributed by atoms with Crippen LogP contribution in [0.4, 0.5) is 11.5 Å². The molecule has 2 aromatic rings. The molecule has 106 valence electrons. The van der Waals surface area contributed by atoms with Gasteiger partial charge in [0.2, 0.25) is 0 Å². The summed E-state index contributed by atoms with van der Waals surface area (Å²) in [6, 6.07) is 12.5. The van der Waals surface area contributed by atoms with Crippen molar-refractivity contribution in [1.29, 1.82) is 0 Å². The first-order chi connectivity index (χ1) is 9.58. The van der Waals surface area contributed by atoms with Gasteiger partial charge in [0.15, 0.2) is 5.82 Å². The van der Waals surface area contributed by atoms with Gasteiger partial charge in [0, 0.05) is 31.5 Å². The van der Waals surface area contributed by atoms with Crippen molar-refractivity contribution in [3.05, 3.63) is 53.2 Å². The summed E-state index contributed by atoms with van der Waals surface area (Å²) < 4.78 is 0. The minimum atomic E-state index is 0.445. The maximum absolute atomic E-state index is 6.36. The molecule has 1 heterocycles. The Morgan fingerprint density at radius 2 is 1.95 bits per heavy atom. The lowest BCUT2D eigenvalue weighted by atomic mass is 10.2. The first-order valence-corrected chi connectivity index (χ1v) is 7.12. The maximum atomic E-state index is 6.36. The second-order valence-corrected chi connectivity index (χ2v) is 5.49. The Hall–Kier alpha value is -1.58. The van der Waals surface area contributed by atoms with Crippen LogP contribution in [0.25, 0.3) is 0 Å². The van der Waals surface area contributed by atoms with Gasteiger partial charge >= 0.3 is 0 Å². The minimum Gasteiger partial charge on any atom is -0.328 e. The summed E-state index contributed by atoms with van der Waals surface area (Å²) in [6.45, 7) is 5.01. The summed E-state index contributed by atoms with van der Waals surface area (Å²) in [5.41, 5.74) is 2.16. The van der Waals surface area contributed by atoms with Crippen molar-refractivity contribution in [2.45, 2.75) is 26.4 Å². The van der Waals surface area contributed by atoms with Crippen molar-refractivity contribution in [3.8, 4) is 0 Å². The third-order valence-corrected chi connectivity index (χ3v) is 3.33. The lowest BCUT2D eigenvalue weighted by Gasteiger charge is -2.20. The highest BCUT2D eigenvalue weighted by Gasteiger charge is 2.10. The zero-order valence-corrected chi connectivity index (χ0v) is 12.9. The van der Waals surface area contributed by atoms with Crippen LogP contribution in [0.3, 0.4) is 0 Å². The average molecular weight is 290 g/mol. The Labute approximate surface area is 125 Å². The fraction of sp³-hybridized carbons (Fsp3) is 0.312. The molecule has 1 aromatic heterocycles. The van der Waals surface area contributed by atoms with Crippen LogP contribution >= 0.6 is 11.6 Å². The highest BCUT2D eigenvalue weighted by molar-refractivity contribution is 6.33. The molecule has 1 N–H and O–H groups in total. The Morgan fingerprint density at radius 1 is 1.25 bits per heavy atom. The highest BCUT2D eigenvalue weighted by atomic mass is 35.5. The number of aromatic nitrogens is 1. The predicted octanol–water partition coefficient (Wildman–Crippen LogP) is 4.00. The van der Waals surface area contributed by atoms with E-state index in [-0.39, 0.29) is 0 Å². The van der Waals surface area contributed by atoms with Crippen molar-refractivity contribution in [3.63, 3.8) is 0 Å². The fourth-order valence-corrected chi connectivity index (χ4v) is 2.23. The van der Waals surface area contributed by atoms with Gasteiger partial charge < -0.3 is 10.2 Å². The number of nitrogens with one attached hydrogen (secondary N) is 1. The number of para-hydroxylation sites is 1. The zero-order chi connectivity index (χ0) is 14.5. The van der Waals surface area contributed by atoms with E-state index >= 15 is 0 Å². The van der Waals surface area contributed by atoms with Gasteiger partial charge in [0.25, 0.3) is 0 Å². The van der Waals surface area contributed by atoms with Gasteiger partial charge in [-0.2, -0.15) is 0 Å². The molecule has 0 fully saturated rings. The molecule has 0 aliphatic carbocycles. The van der Waals surface area contributed by atoms with Gasteiger partial charge in [-0.25, -0.2) is 4.98 Å². The molecule has 20 heavy (non-hydrogen) atoms. The number of rotatable bonds is 5. The van der Waals surface area contributed by atoms with Crippen LogP contribution in [-0.2, 0) is 6.54 Å². The number of benzene rings is 1. The van der Waals surface area contributed by atoms with Crippen LogP contribution in [0.1, 0.15) is 19.4 Å². The van der Waals surface area contributed by atoms with E-state index in [2.05, 4.69) is 24.1 Å². The van der Waals surface area contributed by atoms with Crippen LogP contribution in [0.2, 0.25) is 5.02 Å². The Bertz CT molecular complexity index is 555. The van der Waals surface area contributed by atoms with Gasteiger partial charge in [0.05, 0.1) is 5.02 Å². The number of hydrogen-bond acceptors (Lipinski definition) is 3. The van der Waals surface area contributed by atoms with E-state index in [0.29, 0.717) is 11.1 Å². The summed E-state index contributed by atoms with van der Waals surface area (Å²) in [5.74, 6) is 0.770. The molecule has 0 unspecified atom stereocenters. The van der Waals surface area contributed by atoms with E-state index in [1.807, 2.05) is 54.5 Å². The molecule has 3 nitrogen and oxygen atoms in total. The van der Waals surface area contributed by atoms with Crippen molar-refractivity contribution < 1.29 is 0 Å². The Morgan fingerprint density at radius 3 is 2.55 bits per heavy atom. The monoisotopic (exact) mass is 289 g/mol. The predicted molar refractivity (Wildman–Crippen MR) is 85.7 cm³/mol. The highest BCUT2D eigenvalue weighted by Crippen LogP contribution is 2.28. The normalized spacial score (nSPS) is 10.8. The lowest BCUT2D eigenvalue weighted by Crippen LogP contribution is -2.22. The first-order valence-electron chi connectivity index (χ1n) is 6.74. The summed E-state index contributed by atoms with van der Waals surface area (Å²) in [6.07, 6.45) is 1.87. The van der Waals surface area contributed by atoms with Crippen LogP contribution in [0.15, 0.2) is 42.6 Å². The first kappa shape index (κ1) is 14.8. The molecule has 0 saturated heterocycles. The van der Waals surface area contributed by atoms with E-state index in [4.69, 9.17) is 11.6 Å². The topological polar surface area (TPSA) is 28.2 Å². The minimum absolute atomic E-state index is 0.445. The number of pyridine rings is 1. The van der Waals surface area contributed by atoms with E-state index < -0.39 is 0 Å². The third-order valence-electron chi connectivity index (χ3n) is 3.05. The molecule has 0 atom stereocenters. The summed E-state index contributed by atoms with van der Waals surface area (Å²) in [7, 11) is 1.97. The molecule has 0 saturated carbocycles. The zero-order valence-electron chi connectivity index (χ0n) is 12.1. The largest absolute Gasteiger partial charge is 0.328 e. The average Bonchev–Trinajstić information content (AvgIpc) is 2.45. The SMILES string of the molecule is CC(C)NCc1cnc(N(C)c2ccccc2)c(Cl)c1. The second kappa shape index (κ2) is 6.73. The molecule has 0 bridgehead atoms. The van der Waals surface area contributed by atoms with Crippen molar-refractivity contribution in [2.75, 3.05) is 11.9 Å². The summed E-state index contributed by atoms with van der Waals surface area (Å²) in [5, 5.41) is 4.02. The quantitative estimate of drug-likeness (QED) is 0.902. The Balaban J connectivity index is 2.17. The van der Waals surface area contributed by atoms with E-state index in [1.165, 1.54) is 0 Å². The number of halogens is 1. The summed E-state index contributed by atoms with van der Waals surface area (Å²) in [4.78, 5) is 6.47. The van der Waals surface area contributed by atoms with Gasteiger partial charge in [-0.15, -0.1) is 0 Å². The molecule has 0 spiro atoms. The fourth-order valence-electron chi connectivity index (χ4n) is 1.91. The van der Waals surface area contributed by atoms with Crippen LogP contribution in [0.5, 0.6) is 0 Å². The molecule has 0 radical (unpaired) electrons. The number of anilines is 2. The van der Waals surface area contributed by atoms with Gasteiger partial charge in [-0.3, -0.25) is 0 Å².